The van der Waals surface area contributed by atoms with E-state index in [4.69, 9.17) is 4.74 Å². The Morgan fingerprint density at radius 1 is 1.25 bits per heavy atom. The highest BCUT2D eigenvalue weighted by Crippen LogP contribution is 2.35. The fraction of sp³-hybridized carbons (Fsp3) is 0.444. The number of halogens is 1. The lowest BCUT2D eigenvalue weighted by atomic mass is 9.97. The molecule has 0 heterocycles. The van der Waals surface area contributed by atoms with E-state index in [0.717, 1.165) is 23.1 Å². The van der Waals surface area contributed by atoms with Crippen LogP contribution >= 0.6 is 0 Å². The molecule has 1 atom stereocenters. The fourth-order valence-electron chi connectivity index (χ4n) is 2.80. The molecule has 0 aliphatic heterocycles. The Labute approximate surface area is 121 Å². The molecule has 1 aliphatic rings. The van der Waals surface area contributed by atoms with Crippen molar-refractivity contribution in [3.05, 3.63) is 52.4 Å². The standard InChI is InChI=1S/C18H23FO/c1-5-14-10-15(9-13(14)4)18-16(11-20-6-2)7-12(3)8-17(18)19/h7-10,13H,5-6,11H2,1-4H3. The van der Waals surface area contributed by atoms with Gasteiger partial charge in [0.25, 0.3) is 0 Å². The van der Waals surface area contributed by atoms with Crippen LogP contribution in [0.2, 0.25) is 0 Å². The first-order valence-electron chi connectivity index (χ1n) is 7.36. The molecule has 0 spiro atoms. The van der Waals surface area contributed by atoms with Crippen molar-refractivity contribution in [2.45, 2.75) is 40.7 Å². The summed E-state index contributed by atoms with van der Waals surface area (Å²) in [6.45, 7) is 9.29. The predicted molar refractivity (Wildman–Crippen MR) is 82.0 cm³/mol. The molecule has 0 aromatic heterocycles. The Bertz CT molecular complexity index is 555. The van der Waals surface area contributed by atoms with Gasteiger partial charge in [0.15, 0.2) is 0 Å². The van der Waals surface area contributed by atoms with Crippen LogP contribution in [-0.4, -0.2) is 6.61 Å². The largest absolute Gasteiger partial charge is 0.377 e. The zero-order valence-electron chi connectivity index (χ0n) is 12.8. The highest BCUT2D eigenvalue weighted by atomic mass is 19.1. The molecule has 0 amide bonds. The van der Waals surface area contributed by atoms with Crippen LogP contribution in [0.4, 0.5) is 4.39 Å². The van der Waals surface area contributed by atoms with Gasteiger partial charge in [0, 0.05) is 12.2 Å². The first-order chi connectivity index (χ1) is 9.56. The van der Waals surface area contributed by atoms with Gasteiger partial charge in [-0.15, -0.1) is 0 Å². The monoisotopic (exact) mass is 274 g/mol. The second-order valence-electron chi connectivity index (χ2n) is 5.40. The van der Waals surface area contributed by atoms with E-state index < -0.39 is 0 Å². The summed E-state index contributed by atoms with van der Waals surface area (Å²) in [6, 6.07) is 3.63. The number of ether oxygens (including phenoxy) is 1. The van der Waals surface area contributed by atoms with E-state index in [1.165, 1.54) is 5.57 Å². The Morgan fingerprint density at radius 2 is 2.00 bits per heavy atom. The Hall–Kier alpha value is -1.41. The van der Waals surface area contributed by atoms with Crippen LogP contribution < -0.4 is 0 Å². The molecule has 0 radical (unpaired) electrons. The molecule has 0 saturated heterocycles. The van der Waals surface area contributed by atoms with Crippen molar-refractivity contribution in [1.82, 2.24) is 0 Å². The molecule has 2 rings (SSSR count). The molecular weight excluding hydrogens is 251 g/mol. The second kappa shape index (κ2) is 6.36. The topological polar surface area (TPSA) is 9.23 Å². The molecule has 1 nitrogen and oxygen atoms in total. The zero-order valence-corrected chi connectivity index (χ0v) is 12.8. The van der Waals surface area contributed by atoms with Gasteiger partial charge in [-0.05, 0) is 49.0 Å². The van der Waals surface area contributed by atoms with E-state index >= 15 is 0 Å². The lowest BCUT2D eigenvalue weighted by Gasteiger charge is -2.12. The van der Waals surface area contributed by atoms with Crippen molar-refractivity contribution >= 4 is 5.57 Å². The average Bonchev–Trinajstić information content (AvgIpc) is 2.76. The van der Waals surface area contributed by atoms with Gasteiger partial charge < -0.3 is 4.74 Å². The maximum atomic E-state index is 14.4. The SMILES string of the molecule is CCOCc1cc(C)cc(F)c1C1=CC(C)C(CC)=C1. The van der Waals surface area contributed by atoms with Gasteiger partial charge in [-0.2, -0.15) is 0 Å². The van der Waals surface area contributed by atoms with E-state index in [1.807, 2.05) is 19.9 Å². The maximum Gasteiger partial charge on any atom is 0.131 e. The first kappa shape index (κ1) is 15.0. The summed E-state index contributed by atoms with van der Waals surface area (Å²) in [5.74, 6) is 0.252. The lowest BCUT2D eigenvalue weighted by molar-refractivity contribution is 0.133. The highest BCUT2D eigenvalue weighted by Gasteiger charge is 2.19. The van der Waals surface area contributed by atoms with E-state index in [-0.39, 0.29) is 5.82 Å². The number of hydrogen-bond acceptors (Lipinski definition) is 1. The third kappa shape index (κ3) is 3.01. The van der Waals surface area contributed by atoms with E-state index in [2.05, 4.69) is 26.0 Å². The Morgan fingerprint density at radius 3 is 2.60 bits per heavy atom. The molecule has 0 N–H and O–H groups in total. The first-order valence-corrected chi connectivity index (χ1v) is 7.36. The van der Waals surface area contributed by atoms with Gasteiger partial charge in [0.1, 0.15) is 5.82 Å². The summed E-state index contributed by atoms with van der Waals surface area (Å²) >= 11 is 0. The van der Waals surface area contributed by atoms with Crippen LogP contribution in [0.5, 0.6) is 0 Å². The van der Waals surface area contributed by atoms with Crippen LogP contribution in [0.15, 0.2) is 29.9 Å². The molecule has 0 bridgehead atoms. The summed E-state index contributed by atoms with van der Waals surface area (Å²) in [7, 11) is 0. The van der Waals surface area contributed by atoms with Crippen LogP contribution in [0.3, 0.4) is 0 Å². The number of aryl methyl sites for hydroxylation is 1. The summed E-state index contributed by atoms with van der Waals surface area (Å²) in [6.07, 6.45) is 5.30. The molecule has 1 unspecified atom stereocenters. The molecule has 1 aromatic rings. The van der Waals surface area contributed by atoms with Crippen LogP contribution in [-0.2, 0) is 11.3 Å². The summed E-state index contributed by atoms with van der Waals surface area (Å²) in [5, 5.41) is 0. The third-order valence-corrected chi connectivity index (χ3v) is 3.83. The average molecular weight is 274 g/mol. The van der Waals surface area contributed by atoms with Crippen LogP contribution in [0, 0.1) is 18.7 Å². The van der Waals surface area contributed by atoms with E-state index in [9.17, 15) is 4.39 Å². The minimum Gasteiger partial charge on any atom is -0.377 e. The highest BCUT2D eigenvalue weighted by molar-refractivity contribution is 5.80. The smallest absolute Gasteiger partial charge is 0.131 e. The molecule has 2 heteroatoms. The summed E-state index contributed by atoms with van der Waals surface area (Å²) < 4.78 is 19.9. The summed E-state index contributed by atoms with van der Waals surface area (Å²) in [5.41, 5.74) is 4.95. The summed E-state index contributed by atoms with van der Waals surface area (Å²) in [4.78, 5) is 0. The lowest BCUT2D eigenvalue weighted by Crippen LogP contribution is -2.01. The van der Waals surface area contributed by atoms with Crippen molar-refractivity contribution < 1.29 is 9.13 Å². The maximum absolute atomic E-state index is 14.4. The van der Waals surface area contributed by atoms with Gasteiger partial charge in [-0.25, -0.2) is 4.39 Å². The van der Waals surface area contributed by atoms with E-state index in [0.29, 0.717) is 24.7 Å². The van der Waals surface area contributed by atoms with Crippen molar-refractivity contribution in [1.29, 1.82) is 0 Å². The number of rotatable bonds is 5. The van der Waals surface area contributed by atoms with Crippen molar-refractivity contribution in [2.75, 3.05) is 6.61 Å². The van der Waals surface area contributed by atoms with Gasteiger partial charge in [-0.1, -0.05) is 37.6 Å². The molecule has 20 heavy (non-hydrogen) atoms. The zero-order chi connectivity index (χ0) is 14.7. The van der Waals surface area contributed by atoms with Gasteiger partial charge in [0.2, 0.25) is 0 Å². The van der Waals surface area contributed by atoms with Crippen molar-refractivity contribution in [3.63, 3.8) is 0 Å². The van der Waals surface area contributed by atoms with Gasteiger partial charge in [0.05, 0.1) is 6.61 Å². The third-order valence-electron chi connectivity index (χ3n) is 3.83. The minimum atomic E-state index is -0.147. The van der Waals surface area contributed by atoms with Gasteiger partial charge in [-0.3, -0.25) is 0 Å². The fourth-order valence-corrected chi connectivity index (χ4v) is 2.80. The quantitative estimate of drug-likeness (QED) is 0.731. The van der Waals surface area contributed by atoms with Gasteiger partial charge >= 0.3 is 0 Å². The second-order valence-corrected chi connectivity index (χ2v) is 5.40. The molecule has 108 valence electrons. The van der Waals surface area contributed by atoms with E-state index in [1.54, 1.807) is 6.07 Å². The normalized spacial score (nSPS) is 18.1. The molecular formula is C18H23FO. The molecule has 0 fully saturated rings. The Balaban J connectivity index is 2.45. The molecule has 0 saturated carbocycles. The number of allylic oxidation sites excluding steroid dienone is 4. The van der Waals surface area contributed by atoms with Crippen LogP contribution in [0.25, 0.3) is 5.57 Å². The number of benzene rings is 1. The predicted octanol–water partition coefficient (Wildman–Crippen LogP) is 5.04. The van der Waals surface area contributed by atoms with Crippen LogP contribution in [0.1, 0.15) is 43.9 Å². The Kier molecular flexibility index (Phi) is 4.77. The minimum absolute atomic E-state index is 0.147. The number of hydrogen-bond donors (Lipinski definition) is 0. The van der Waals surface area contributed by atoms with Crippen molar-refractivity contribution in [3.8, 4) is 0 Å². The van der Waals surface area contributed by atoms with Crippen molar-refractivity contribution in [2.24, 2.45) is 5.92 Å². The molecule has 1 aliphatic carbocycles. The molecule has 1 aromatic carbocycles.